The fraction of sp³-hybridized carbons (Fsp3) is 0.200. The molecule has 9 nitrogen and oxygen atoms in total. The van der Waals surface area contributed by atoms with Gasteiger partial charge in [0.25, 0.3) is 5.69 Å². The van der Waals surface area contributed by atoms with Crippen molar-refractivity contribution in [1.29, 1.82) is 0 Å². The molecule has 0 aliphatic heterocycles. The quantitative estimate of drug-likeness (QED) is 0.624. The molecule has 2 N–H and O–H groups in total. The van der Waals surface area contributed by atoms with Crippen LogP contribution in [0.2, 0.25) is 5.02 Å². The molecule has 0 saturated heterocycles. The van der Waals surface area contributed by atoms with Crippen LogP contribution in [0.4, 0.5) is 5.69 Å². The molecule has 0 unspecified atom stereocenters. The Kier molecular flexibility index (Phi) is 4.21. The Labute approximate surface area is 124 Å². The fourth-order valence-corrected chi connectivity index (χ4v) is 3.15. The van der Waals surface area contributed by atoms with Crippen molar-refractivity contribution < 1.29 is 13.3 Å². The maximum absolute atomic E-state index is 12.2. The maximum atomic E-state index is 12.2. The predicted octanol–water partition coefficient (Wildman–Crippen LogP) is 1.15. The van der Waals surface area contributed by atoms with Crippen LogP contribution in [0.15, 0.2) is 23.4 Å². The van der Waals surface area contributed by atoms with Crippen LogP contribution < -0.4 is 4.72 Å². The number of H-pyrrole nitrogens is 1. The normalized spacial score (nSPS) is 11.5. The molecule has 0 bridgehead atoms. The standard InChI is InChI=1S/C10H10ClN5O4S/c1-6-2-7(11)8(16(17)18)3-9(6)21(19,20)14-4-10-12-5-13-15-10/h2-3,5,14H,4H2,1H3,(H,12,13,15). The Morgan fingerprint density at radius 1 is 1.48 bits per heavy atom. The van der Waals surface area contributed by atoms with Gasteiger partial charge in [0.1, 0.15) is 17.2 Å². The Morgan fingerprint density at radius 3 is 2.76 bits per heavy atom. The molecular formula is C10H10ClN5O4S. The second-order valence-electron chi connectivity index (χ2n) is 4.08. The van der Waals surface area contributed by atoms with Gasteiger partial charge in [-0.05, 0) is 18.6 Å². The van der Waals surface area contributed by atoms with Gasteiger partial charge in [0.15, 0.2) is 0 Å². The van der Waals surface area contributed by atoms with E-state index in [1.165, 1.54) is 19.3 Å². The number of nitro groups is 1. The molecule has 2 aromatic rings. The minimum atomic E-state index is -3.94. The van der Waals surface area contributed by atoms with E-state index < -0.39 is 20.6 Å². The third kappa shape index (κ3) is 3.35. The molecule has 0 aliphatic carbocycles. The third-order valence-corrected chi connectivity index (χ3v) is 4.47. The van der Waals surface area contributed by atoms with Gasteiger partial charge in [-0.3, -0.25) is 15.2 Å². The fourth-order valence-electron chi connectivity index (χ4n) is 1.63. The number of hydrogen-bond donors (Lipinski definition) is 2. The van der Waals surface area contributed by atoms with Crippen LogP contribution in [0.5, 0.6) is 0 Å². The maximum Gasteiger partial charge on any atom is 0.289 e. The number of benzene rings is 1. The van der Waals surface area contributed by atoms with Gasteiger partial charge < -0.3 is 0 Å². The van der Waals surface area contributed by atoms with Crippen LogP contribution in [-0.4, -0.2) is 28.5 Å². The van der Waals surface area contributed by atoms with Gasteiger partial charge in [-0.1, -0.05) is 11.6 Å². The third-order valence-electron chi connectivity index (χ3n) is 2.63. The molecule has 0 radical (unpaired) electrons. The number of aromatic amines is 1. The highest BCUT2D eigenvalue weighted by Gasteiger charge is 2.23. The summed E-state index contributed by atoms with van der Waals surface area (Å²) in [6.07, 6.45) is 1.24. The van der Waals surface area contributed by atoms with Crippen molar-refractivity contribution >= 4 is 27.3 Å². The van der Waals surface area contributed by atoms with E-state index in [2.05, 4.69) is 19.9 Å². The highest BCUT2D eigenvalue weighted by Crippen LogP contribution is 2.30. The number of sulfonamides is 1. The van der Waals surface area contributed by atoms with Crippen LogP contribution in [0, 0.1) is 17.0 Å². The van der Waals surface area contributed by atoms with Gasteiger partial charge in [-0.15, -0.1) is 0 Å². The molecule has 1 heterocycles. The van der Waals surface area contributed by atoms with E-state index in [0.717, 1.165) is 6.07 Å². The van der Waals surface area contributed by atoms with Crippen molar-refractivity contribution in [3.63, 3.8) is 0 Å². The first-order valence-corrected chi connectivity index (χ1v) is 7.46. The molecule has 0 aliphatic rings. The lowest BCUT2D eigenvalue weighted by Crippen LogP contribution is -2.24. The number of nitro benzene ring substituents is 1. The summed E-state index contributed by atoms with van der Waals surface area (Å²) in [6.45, 7) is 1.39. The number of nitrogens with one attached hydrogen (secondary N) is 2. The summed E-state index contributed by atoms with van der Waals surface area (Å²) in [5.41, 5.74) is -0.169. The van der Waals surface area contributed by atoms with Crippen molar-refractivity contribution in [2.75, 3.05) is 0 Å². The van der Waals surface area contributed by atoms with Crippen LogP contribution in [-0.2, 0) is 16.6 Å². The molecule has 0 atom stereocenters. The Hall–Kier alpha value is -2.04. The van der Waals surface area contributed by atoms with Crippen LogP contribution >= 0.6 is 11.6 Å². The van der Waals surface area contributed by atoms with Crippen molar-refractivity contribution in [1.82, 2.24) is 19.9 Å². The summed E-state index contributed by atoms with van der Waals surface area (Å²) in [7, 11) is -3.94. The number of aromatic nitrogens is 3. The van der Waals surface area contributed by atoms with Crippen LogP contribution in [0.1, 0.15) is 11.4 Å². The van der Waals surface area contributed by atoms with E-state index in [-0.39, 0.29) is 16.5 Å². The highest BCUT2D eigenvalue weighted by atomic mass is 35.5. The van der Waals surface area contributed by atoms with Gasteiger partial charge in [0.2, 0.25) is 10.0 Å². The zero-order valence-electron chi connectivity index (χ0n) is 10.7. The first-order valence-electron chi connectivity index (χ1n) is 5.59. The summed E-state index contributed by atoms with van der Waals surface area (Å²) in [5.74, 6) is 0.319. The summed E-state index contributed by atoms with van der Waals surface area (Å²) in [4.78, 5) is 13.7. The monoisotopic (exact) mass is 331 g/mol. The minimum Gasteiger partial charge on any atom is -0.262 e. The average Bonchev–Trinajstić information content (AvgIpc) is 2.88. The summed E-state index contributed by atoms with van der Waals surface area (Å²) in [5, 5.41) is 16.8. The summed E-state index contributed by atoms with van der Waals surface area (Å²) in [6, 6.07) is 2.17. The van der Waals surface area contributed by atoms with Gasteiger partial charge in [-0.25, -0.2) is 18.1 Å². The van der Waals surface area contributed by atoms with Crippen LogP contribution in [0.3, 0.4) is 0 Å². The first kappa shape index (κ1) is 15.4. The van der Waals surface area contributed by atoms with E-state index in [4.69, 9.17) is 11.6 Å². The van der Waals surface area contributed by atoms with Gasteiger partial charge in [-0.2, -0.15) is 5.10 Å². The lowest BCUT2D eigenvalue weighted by molar-refractivity contribution is -0.384. The molecule has 1 aromatic carbocycles. The topological polar surface area (TPSA) is 131 Å². The lowest BCUT2D eigenvalue weighted by atomic mass is 10.2. The molecule has 0 saturated carbocycles. The van der Waals surface area contributed by atoms with Gasteiger partial charge >= 0.3 is 0 Å². The molecule has 11 heteroatoms. The van der Waals surface area contributed by atoms with E-state index in [0.29, 0.717) is 11.4 Å². The molecule has 1 aromatic heterocycles. The van der Waals surface area contributed by atoms with Crippen molar-refractivity contribution in [3.8, 4) is 0 Å². The predicted molar refractivity (Wildman–Crippen MR) is 73.3 cm³/mol. The largest absolute Gasteiger partial charge is 0.289 e. The number of halogens is 1. The molecular weight excluding hydrogens is 322 g/mol. The summed E-state index contributed by atoms with van der Waals surface area (Å²) < 4.78 is 26.7. The van der Waals surface area contributed by atoms with E-state index in [1.54, 1.807) is 0 Å². The smallest absolute Gasteiger partial charge is 0.262 e. The molecule has 2 rings (SSSR count). The molecule has 112 valence electrons. The minimum absolute atomic E-state index is 0.113. The molecule has 0 spiro atoms. The molecule has 0 amide bonds. The highest BCUT2D eigenvalue weighted by molar-refractivity contribution is 7.89. The number of rotatable bonds is 5. The van der Waals surface area contributed by atoms with E-state index >= 15 is 0 Å². The zero-order chi connectivity index (χ0) is 15.6. The van der Waals surface area contributed by atoms with Gasteiger partial charge in [0, 0.05) is 6.07 Å². The SMILES string of the molecule is Cc1cc(Cl)c([N+](=O)[O-])cc1S(=O)(=O)NCc1ncn[nH]1. The number of nitrogens with zero attached hydrogens (tertiary/aromatic N) is 3. The van der Waals surface area contributed by atoms with E-state index in [1.807, 2.05) is 0 Å². The first-order chi connectivity index (χ1) is 9.81. The number of aryl methyl sites for hydroxylation is 1. The van der Waals surface area contributed by atoms with Crippen molar-refractivity contribution in [3.05, 3.63) is 45.0 Å². The number of hydrogen-bond acceptors (Lipinski definition) is 6. The van der Waals surface area contributed by atoms with Crippen molar-refractivity contribution in [2.24, 2.45) is 0 Å². The second-order valence-corrected chi connectivity index (χ2v) is 6.23. The Balaban J connectivity index is 2.35. The molecule has 21 heavy (non-hydrogen) atoms. The average molecular weight is 332 g/mol. The lowest BCUT2D eigenvalue weighted by Gasteiger charge is -2.09. The zero-order valence-corrected chi connectivity index (χ0v) is 12.3. The molecule has 0 fully saturated rings. The second kappa shape index (κ2) is 5.76. The van der Waals surface area contributed by atoms with Crippen LogP contribution in [0.25, 0.3) is 0 Å². The Bertz CT molecular complexity index is 775. The van der Waals surface area contributed by atoms with E-state index in [9.17, 15) is 18.5 Å². The Morgan fingerprint density at radius 2 is 2.19 bits per heavy atom. The van der Waals surface area contributed by atoms with Crippen molar-refractivity contribution in [2.45, 2.75) is 18.4 Å². The van der Waals surface area contributed by atoms with Gasteiger partial charge in [0.05, 0.1) is 16.4 Å². The summed E-state index contributed by atoms with van der Waals surface area (Å²) >= 11 is 5.72.